The van der Waals surface area contributed by atoms with Crippen LogP contribution in [0.5, 0.6) is 0 Å². The van der Waals surface area contributed by atoms with Gasteiger partial charge in [0, 0.05) is 0 Å². The van der Waals surface area contributed by atoms with E-state index in [1.165, 1.54) is 4.90 Å². The van der Waals surface area contributed by atoms with E-state index in [1.54, 1.807) is 13.8 Å². The Bertz CT molecular complexity index is 594. The number of benzene rings is 1. The molecule has 0 N–H and O–H groups in total. The van der Waals surface area contributed by atoms with Gasteiger partial charge in [-0.05, 0) is 19.4 Å². The Balaban J connectivity index is 2.17. The monoisotopic (exact) mass is 339 g/mol. The summed E-state index contributed by atoms with van der Waals surface area (Å²) in [4.78, 5) is 13.5. The van der Waals surface area contributed by atoms with Gasteiger partial charge in [-0.25, -0.2) is 4.79 Å². The smallest absolute Gasteiger partial charge is 0.410 e. The molecular weight excluding hydrogens is 317 g/mol. The van der Waals surface area contributed by atoms with Gasteiger partial charge in [0.2, 0.25) is 0 Å². The summed E-state index contributed by atoms with van der Waals surface area (Å²) in [5.74, 6) is 0. The normalized spacial score (nSPS) is 18.1. The first-order valence-electron chi connectivity index (χ1n) is 7.57. The van der Waals surface area contributed by atoms with Crippen molar-refractivity contribution in [2.45, 2.75) is 19.9 Å². The first-order valence-corrected chi connectivity index (χ1v) is 9.12. The number of amides is 1. The van der Waals surface area contributed by atoms with E-state index in [9.17, 15) is 9.36 Å². The molecule has 0 radical (unpaired) electrons. The highest BCUT2D eigenvalue weighted by atomic mass is 31.2. The molecule has 0 aliphatic carbocycles. The summed E-state index contributed by atoms with van der Waals surface area (Å²) >= 11 is 0. The topological polar surface area (TPSA) is 65.1 Å². The molecule has 0 saturated carbocycles. The van der Waals surface area contributed by atoms with E-state index in [2.05, 4.69) is 6.58 Å². The van der Waals surface area contributed by atoms with Crippen molar-refractivity contribution >= 4 is 13.7 Å². The van der Waals surface area contributed by atoms with Gasteiger partial charge in [-0.15, -0.1) is 0 Å². The van der Waals surface area contributed by atoms with Gasteiger partial charge in [0.1, 0.15) is 6.61 Å². The molecule has 6 nitrogen and oxygen atoms in total. The van der Waals surface area contributed by atoms with Gasteiger partial charge in [0.05, 0.1) is 31.1 Å². The first kappa shape index (κ1) is 17.7. The number of hydrogen-bond acceptors (Lipinski definition) is 5. The van der Waals surface area contributed by atoms with Crippen LogP contribution in [0.25, 0.3) is 0 Å². The van der Waals surface area contributed by atoms with Crippen molar-refractivity contribution in [3.63, 3.8) is 0 Å². The van der Waals surface area contributed by atoms with Crippen LogP contribution in [0.1, 0.15) is 25.5 Å². The fraction of sp³-hybridized carbons (Fsp3) is 0.438. The minimum Gasteiger partial charge on any atom is -0.447 e. The molecule has 0 unspecified atom stereocenters. The average molecular weight is 339 g/mol. The predicted octanol–water partition coefficient (Wildman–Crippen LogP) is 3.96. The standard InChI is InChI=1S/C16H22NO5P/c1-4-21-23(19,22-5-2)13(3)11-17-15(12-20-16(17)18)14-9-7-6-8-10-14/h6-10,15H,3-5,11-12H2,1-2H3/t15-/m1/s1. The molecular formula is C16H22NO5P. The average Bonchev–Trinajstić information content (AvgIpc) is 2.90. The SMILES string of the molecule is C=C(CN1C(=O)OC[C@@H]1c1ccccc1)P(=O)(OCC)OCC. The molecule has 0 aromatic heterocycles. The highest BCUT2D eigenvalue weighted by molar-refractivity contribution is 7.58. The molecule has 23 heavy (non-hydrogen) atoms. The van der Waals surface area contributed by atoms with Crippen molar-refractivity contribution in [1.29, 1.82) is 0 Å². The summed E-state index contributed by atoms with van der Waals surface area (Å²) in [5, 5.41) is 0.251. The van der Waals surface area contributed by atoms with Crippen molar-refractivity contribution in [2.24, 2.45) is 0 Å². The molecule has 2 rings (SSSR count). The Hall–Kier alpha value is -1.62. The third-order valence-corrected chi connectivity index (χ3v) is 5.61. The molecule has 126 valence electrons. The second-order valence-corrected chi connectivity index (χ2v) is 7.17. The van der Waals surface area contributed by atoms with Crippen molar-refractivity contribution in [2.75, 3.05) is 26.4 Å². The van der Waals surface area contributed by atoms with E-state index in [0.29, 0.717) is 0 Å². The van der Waals surface area contributed by atoms with E-state index >= 15 is 0 Å². The number of rotatable bonds is 8. The van der Waals surface area contributed by atoms with Gasteiger partial charge in [-0.1, -0.05) is 36.9 Å². The highest BCUT2D eigenvalue weighted by Gasteiger charge is 2.38. The van der Waals surface area contributed by atoms with Crippen LogP contribution < -0.4 is 0 Å². The van der Waals surface area contributed by atoms with Crippen LogP contribution in [0.3, 0.4) is 0 Å². The maximum atomic E-state index is 12.7. The third kappa shape index (κ3) is 4.02. The number of nitrogens with zero attached hydrogens (tertiary/aromatic N) is 1. The van der Waals surface area contributed by atoms with Crippen molar-refractivity contribution in [1.82, 2.24) is 4.90 Å². The van der Waals surface area contributed by atoms with E-state index < -0.39 is 13.7 Å². The van der Waals surface area contributed by atoms with Crippen LogP contribution in [-0.2, 0) is 18.3 Å². The van der Waals surface area contributed by atoms with E-state index in [1.807, 2.05) is 30.3 Å². The zero-order valence-electron chi connectivity index (χ0n) is 13.4. The second kappa shape index (κ2) is 7.77. The Morgan fingerprint density at radius 2 is 1.91 bits per heavy atom. The summed E-state index contributed by atoms with van der Waals surface area (Å²) in [6.07, 6.45) is -0.459. The maximum Gasteiger partial charge on any atom is 0.410 e. The van der Waals surface area contributed by atoms with Crippen LogP contribution >= 0.6 is 7.60 Å². The summed E-state index contributed by atoms with van der Waals surface area (Å²) in [7, 11) is -3.45. The number of carbonyl (C=O) groups excluding carboxylic acids is 1. The minimum absolute atomic E-state index is 0.0652. The third-order valence-electron chi connectivity index (χ3n) is 3.50. The highest BCUT2D eigenvalue weighted by Crippen LogP contribution is 2.55. The zero-order chi connectivity index (χ0) is 16.9. The molecule has 1 aromatic carbocycles. The van der Waals surface area contributed by atoms with Crippen LogP contribution in [0.15, 0.2) is 42.2 Å². The van der Waals surface area contributed by atoms with Crippen molar-refractivity contribution in [3.8, 4) is 0 Å². The van der Waals surface area contributed by atoms with Gasteiger partial charge < -0.3 is 13.8 Å². The zero-order valence-corrected chi connectivity index (χ0v) is 14.3. The van der Waals surface area contributed by atoms with E-state index in [-0.39, 0.29) is 37.7 Å². The van der Waals surface area contributed by atoms with Gasteiger partial charge in [0.25, 0.3) is 0 Å². The lowest BCUT2D eigenvalue weighted by atomic mass is 10.1. The first-order chi connectivity index (χ1) is 11.0. The Morgan fingerprint density at radius 1 is 1.30 bits per heavy atom. The lowest BCUT2D eigenvalue weighted by Crippen LogP contribution is -2.29. The number of ether oxygens (including phenoxy) is 1. The fourth-order valence-corrected chi connectivity index (χ4v) is 3.86. The van der Waals surface area contributed by atoms with Gasteiger partial charge in [0.15, 0.2) is 0 Å². The Morgan fingerprint density at radius 3 is 2.48 bits per heavy atom. The summed E-state index contributed by atoms with van der Waals surface area (Å²) < 4.78 is 28.4. The lowest BCUT2D eigenvalue weighted by molar-refractivity contribution is 0.159. The van der Waals surface area contributed by atoms with Gasteiger partial charge in [-0.2, -0.15) is 0 Å². The maximum absolute atomic E-state index is 12.7. The van der Waals surface area contributed by atoms with Gasteiger partial charge in [-0.3, -0.25) is 9.46 Å². The number of cyclic esters (lactones) is 1. The van der Waals surface area contributed by atoms with Crippen LogP contribution in [0.4, 0.5) is 4.79 Å². The molecule has 0 bridgehead atoms. The van der Waals surface area contributed by atoms with Crippen LogP contribution in [0.2, 0.25) is 0 Å². The molecule has 1 heterocycles. The van der Waals surface area contributed by atoms with E-state index in [0.717, 1.165) is 5.56 Å². The summed E-state index contributed by atoms with van der Waals surface area (Å²) in [6, 6.07) is 9.31. The molecule has 1 aliphatic heterocycles. The Labute approximate surface area is 136 Å². The summed E-state index contributed by atoms with van der Waals surface area (Å²) in [5.41, 5.74) is 0.953. The molecule has 1 aromatic rings. The molecule has 1 atom stereocenters. The second-order valence-electron chi connectivity index (χ2n) is 5.03. The van der Waals surface area contributed by atoms with Crippen LogP contribution in [0, 0.1) is 0 Å². The molecule has 0 spiro atoms. The summed E-state index contributed by atoms with van der Waals surface area (Å²) in [6.45, 7) is 8.09. The minimum atomic E-state index is -3.45. The van der Waals surface area contributed by atoms with Gasteiger partial charge >= 0.3 is 13.7 Å². The number of hydrogen-bond donors (Lipinski definition) is 0. The molecule has 1 fully saturated rings. The molecule has 1 amide bonds. The van der Waals surface area contributed by atoms with Crippen molar-refractivity contribution in [3.05, 3.63) is 47.8 Å². The van der Waals surface area contributed by atoms with Crippen LogP contribution in [-0.4, -0.2) is 37.4 Å². The number of carbonyl (C=O) groups is 1. The lowest BCUT2D eigenvalue weighted by Gasteiger charge is -2.25. The molecule has 1 saturated heterocycles. The van der Waals surface area contributed by atoms with E-state index in [4.69, 9.17) is 13.8 Å². The largest absolute Gasteiger partial charge is 0.447 e. The Kier molecular flexibility index (Phi) is 5.99. The van der Waals surface area contributed by atoms with Crippen molar-refractivity contribution < 1.29 is 23.1 Å². The quantitative estimate of drug-likeness (QED) is 0.671. The molecule has 1 aliphatic rings. The fourth-order valence-electron chi connectivity index (χ4n) is 2.42. The predicted molar refractivity (Wildman–Crippen MR) is 87.2 cm³/mol. The molecule has 7 heteroatoms.